The van der Waals surface area contributed by atoms with Crippen LogP contribution in [0.15, 0.2) is 48.5 Å². The molecule has 2 aliphatic carbocycles. The lowest BCUT2D eigenvalue weighted by molar-refractivity contribution is -0.274. The number of rotatable bonds is 6. The maximum atomic E-state index is 13.8. The van der Waals surface area contributed by atoms with E-state index >= 15 is 0 Å². The summed E-state index contributed by atoms with van der Waals surface area (Å²) < 4.78 is 48.8. The van der Waals surface area contributed by atoms with Gasteiger partial charge in [0.15, 0.2) is 0 Å². The lowest BCUT2D eigenvalue weighted by atomic mass is 9.48. The van der Waals surface area contributed by atoms with E-state index in [-0.39, 0.29) is 29.7 Å². The first-order valence-electron chi connectivity index (χ1n) is 14.0. The number of likely N-dealkylation sites (tertiary alicyclic amines) is 1. The van der Waals surface area contributed by atoms with Crippen molar-refractivity contribution in [3.8, 4) is 11.5 Å². The van der Waals surface area contributed by atoms with E-state index < -0.39 is 23.5 Å². The quantitative estimate of drug-likeness (QED) is 0.511. The fraction of sp³-hybridized carbons (Fsp3) is 0.516. The van der Waals surface area contributed by atoms with Crippen LogP contribution in [-0.2, 0) is 16.6 Å². The summed E-state index contributed by atoms with van der Waals surface area (Å²) in [6.45, 7) is 5.43. The molecule has 1 spiro atoms. The minimum absolute atomic E-state index is 0.0190. The molecule has 6 nitrogen and oxygen atoms in total. The number of hydrogen-bond donors (Lipinski definition) is 1. The van der Waals surface area contributed by atoms with Gasteiger partial charge >= 0.3 is 6.36 Å². The van der Waals surface area contributed by atoms with E-state index in [1.54, 1.807) is 6.07 Å². The summed E-state index contributed by atoms with van der Waals surface area (Å²) in [6, 6.07) is 11.4. The lowest BCUT2D eigenvalue weighted by Gasteiger charge is -2.64. The molecule has 2 heterocycles. The van der Waals surface area contributed by atoms with E-state index in [2.05, 4.69) is 22.8 Å². The first-order chi connectivity index (χ1) is 18.9. The van der Waals surface area contributed by atoms with Crippen LogP contribution in [0.2, 0.25) is 0 Å². The molecule has 2 bridgehead atoms. The molecule has 2 fully saturated rings. The minimum Gasteiger partial charge on any atom is -0.487 e. The number of piperidine rings is 1. The van der Waals surface area contributed by atoms with Crippen LogP contribution >= 0.6 is 0 Å². The SMILES string of the molecule is CC(C)CN(C(=O)C=Cc1cccc(OC(F)(F)F)c1)[C@H]1CC[C@@]2(O)[C@H]3Cc4cccc5c4[C@@]2(CCN3C)[C@H]1O5. The van der Waals surface area contributed by atoms with Crippen molar-refractivity contribution in [3.05, 3.63) is 65.2 Å². The van der Waals surface area contributed by atoms with Gasteiger partial charge in [0.1, 0.15) is 17.6 Å². The molecule has 1 amide bonds. The Labute approximate surface area is 232 Å². The van der Waals surface area contributed by atoms with Crippen molar-refractivity contribution in [3.63, 3.8) is 0 Å². The Hall–Kier alpha value is -3.04. The molecule has 1 N–H and O–H groups in total. The van der Waals surface area contributed by atoms with Crippen molar-refractivity contribution < 1.29 is 32.5 Å². The monoisotopic (exact) mass is 556 g/mol. The Balaban J connectivity index is 1.34. The van der Waals surface area contributed by atoms with Gasteiger partial charge in [0.25, 0.3) is 0 Å². The van der Waals surface area contributed by atoms with Gasteiger partial charge in [0, 0.05) is 24.2 Å². The van der Waals surface area contributed by atoms with Crippen LogP contribution in [-0.4, -0.2) is 71.1 Å². The molecule has 2 aromatic carbocycles. The van der Waals surface area contributed by atoms with Gasteiger partial charge in [-0.05, 0) is 80.6 Å². The zero-order valence-corrected chi connectivity index (χ0v) is 22.9. The molecule has 9 heteroatoms. The summed E-state index contributed by atoms with van der Waals surface area (Å²) in [5, 5.41) is 12.4. The van der Waals surface area contributed by atoms with E-state index in [1.165, 1.54) is 35.9 Å². The minimum atomic E-state index is -4.79. The lowest BCUT2D eigenvalue weighted by Crippen LogP contribution is -2.78. The molecular weight excluding hydrogens is 521 g/mol. The highest BCUT2D eigenvalue weighted by atomic mass is 19.4. The number of nitrogens with zero attached hydrogens (tertiary/aromatic N) is 2. The van der Waals surface area contributed by atoms with E-state index in [0.717, 1.165) is 30.7 Å². The third kappa shape index (κ3) is 4.20. The van der Waals surface area contributed by atoms with Crippen LogP contribution in [0.25, 0.3) is 6.08 Å². The van der Waals surface area contributed by atoms with Crippen LogP contribution in [0.4, 0.5) is 13.2 Å². The van der Waals surface area contributed by atoms with Gasteiger partial charge < -0.3 is 24.4 Å². The molecule has 1 saturated heterocycles. The third-order valence-corrected chi connectivity index (χ3v) is 9.35. The summed E-state index contributed by atoms with van der Waals surface area (Å²) >= 11 is 0. The molecule has 6 rings (SSSR count). The van der Waals surface area contributed by atoms with Crippen molar-refractivity contribution in [2.24, 2.45) is 5.92 Å². The summed E-state index contributed by atoms with van der Waals surface area (Å²) in [5.74, 6) is 0.413. The fourth-order valence-corrected chi connectivity index (χ4v) is 7.88. The normalized spacial score (nSPS) is 30.8. The van der Waals surface area contributed by atoms with Crippen molar-refractivity contribution in [2.75, 3.05) is 20.1 Å². The van der Waals surface area contributed by atoms with E-state index in [0.29, 0.717) is 24.9 Å². The first kappa shape index (κ1) is 27.1. The molecule has 1 saturated carbocycles. The number of likely N-dealkylation sites (N-methyl/N-ethyl adjacent to an activating group) is 1. The number of carbonyl (C=O) groups is 1. The molecule has 214 valence electrons. The predicted molar refractivity (Wildman–Crippen MR) is 144 cm³/mol. The van der Waals surface area contributed by atoms with Crippen LogP contribution in [0.5, 0.6) is 11.5 Å². The Morgan fingerprint density at radius 1 is 1.25 bits per heavy atom. The maximum absolute atomic E-state index is 13.8. The van der Waals surface area contributed by atoms with Gasteiger partial charge in [0.05, 0.1) is 17.1 Å². The second-order valence-electron chi connectivity index (χ2n) is 12.1. The summed E-state index contributed by atoms with van der Waals surface area (Å²) in [4.78, 5) is 17.9. The van der Waals surface area contributed by atoms with Crippen molar-refractivity contribution in [2.45, 2.75) is 75.1 Å². The Bertz CT molecular complexity index is 1340. The number of hydrogen-bond acceptors (Lipinski definition) is 5. The van der Waals surface area contributed by atoms with E-state index in [9.17, 15) is 23.1 Å². The van der Waals surface area contributed by atoms with Crippen molar-refractivity contribution in [1.29, 1.82) is 0 Å². The fourth-order valence-electron chi connectivity index (χ4n) is 7.88. The van der Waals surface area contributed by atoms with E-state index in [1.807, 2.05) is 30.9 Å². The van der Waals surface area contributed by atoms with Gasteiger partial charge in [-0.25, -0.2) is 0 Å². The topological polar surface area (TPSA) is 62.2 Å². The van der Waals surface area contributed by atoms with Gasteiger partial charge in [-0.15, -0.1) is 13.2 Å². The number of alkyl halides is 3. The summed E-state index contributed by atoms with van der Waals surface area (Å²) in [6.07, 6.45) is 0.420. The number of amides is 1. The molecule has 40 heavy (non-hydrogen) atoms. The predicted octanol–water partition coefficient (Wildman–Crippen LogP) is 4.94. The maximum Gasteiger partial charge on any atom is 0.573 e. The zero-order chi connectivity index (χ0) is 28.4. The summed E-state index contributed by atoms with van der Waals surface area (Å²) in [7, 11) is 2.08. The number of aliphatic hydroxyl groups is 1. The molecule has 2 aliphatic heterocycles. The molecule has 2 aromatic rings. The van der Waals surface area contributed by atoms with Crippen LogP contribution in [0.3, 0.4) is 0 Å². The van der Waals surface area contributed by atoms with Crippen LogP contribution in [0, 0.1) is 5.92 Å². The number of benzene rings is 2. The Kier molecular flexibility index (Phi) is 6.46. The molecule has 4 aliphatic rings. The second-order valence-corrected chi connectivity index (χ2v) is 12.1. The van der Waals surface area contributed by atoms with Crippen LogP contribution < -0.4 is 9.47 Å². The highest BCUT2D eigenvalue weighted by Gasteiger charge is 2.72. The number of halogens is 3. The van der Waals surface area contributed by atoms with Crippen molar-refractivity contribution >= 4 is 12.0 Å². The highest BCUT2D eigenvalue weighted by Crippen LogP contribution is 2.64. The molecule has 0 aromatic heterocycles. The number of ether oxygens (including phenoxy) is 2. The Morgan fingerprint density at radius 3 is 2.77 bits per heavy atom. The van der Waals surface area contributed by atoms with Gasteiger partial charge in [-0.3, -0.25) is 4.79 Å². The first-order valence-corrected chi connectivity index (χ1v) is 14.0. The number of carbonyl (C=O) groups excluding carboxylic acids is 1. The Morgan fingerprint density at radius 2 is 2.02 bits per heavy atom. The summed E-state index contributed by atoms with van der Waals surface area (Å²) in [5.41, 5.74) is 1.20. The smallest absolute Gasteiger partial charge is 0.487 e. The highest BCUT2D eigenvalue weighted by molar-refractivity contribution is 5.92. The third-order valence-electron chi connectivity index (χ3n) is 9.35. The zero-order valence-electron chi connectivity index (χ0n) is 22.9. The standard InChI is InChI=1S/C31H35F3N2O4/c1-19(2)18-36(26(37)11-10-20-6-4-8-22(16-20)40-31(32,33)34)23-12-13-30(38)25-17-21-7-5-9-24-27(21)29(30,28(23)39-24)14-15-35(25)3/h4-11,16,19,23,25,28,38H,12-15,17-18H2,1-3H3/t23-,25+,28-,29-,30+/m0/s1. The average Bonchev–Trinajstić information content (AvgIpc) is 3.22. The molecule has 0 unspecified atom stereocenters. The molecule has 0 radical (unpaired) electrons. The van der Waals surface area contributed by atoms with Gasteiger partial charge in [-0.1, -0.05) is 38.1 Å². The van der Waals surface area contributed by atoms with Crippen LogP contribution in [0.1, 0.15) is 49.8 Å². The van der Waals surface area contributed by atoms with E-state index in [4.69, 9.17) is 4.74 Å². The average molecular weight is 557 g/mol. The van der Waals surface area contributed by atoms with Crippen molar-refractivity contribution in [1.82, 2.24) is 9.80 Å². The molecule has 5 atom stereocenters. The molecular formula is C31H35F3N2O4. The van der Waals surface area contributed by atoms with Gasteiger partial charge in [-0.2, -0.15) is 0 Å². The van der Waals surface area contributed by atoms with Gasteiger partial charge in [0.2, 0.25) is 5.91 Å². The largest absolute Gasteiger partial charge is 0.573 e. The second kappa shape index (κ2) is 9.52.